The number of rotatable bonds is 6. The Labute approximate surface area is 95.0 Å². The Morgan fingerprint density at radius 2 is 2.38 bits per heavy atom. The van der Waals surface area contributed by atoms with Crippen LogP contribution in [0.2, 0.25) is 0 Å². The Bertz CT molecular complexity index is 342. The summed E-state index contributed by atoms with van der Waals surface area (Å²) >= 11 is 0. The molecule has 0 aliphatic rings. The largest absolute Gasteiger partial charge is 0.464 e. The van der Waals surface area contributed by atoms with Gasteiger partial charge in [0.2, 0.25) is 0 Å². The molecule has 1 aromatic rings. The minimum absolute atomic E-state index is 0.311. The van der Waals surface area contributed by atoms with Crippen molar-refractivity contribution in [2.45, 2.75) is 12.8 Å². The van der Waals surface area contributed by atoms with Gasteiger partial charge in [0.05, 0.1) is 7.11 Å². The van der Waals surface area contributed by atoms with Gasteiger partial charge in [-0.2, -0.15) is 0 Å². The van der Waals surface area contributed by atoms with Crippen LogP contribution in [0.25, 0.3) is 0 Å². The van der Waals surface area contributed by atoms with Crippen LogP contribution >= 0.6 is 0 Å². The molecule has 88 valence electrons. The van der Waals surface area contributed by atoms with Crippen molar-refractivity contribution in [3.05, 3.63) is 24.0 Å². The van der Waals surface area contributed by atoms with E-state index in [0.717, 1.165) is 25.1 Å². The van der Waals surface area contributed by atoms with Crippen molar-refractivity contribution in [1.82, 2.24) is 4.98 Å². The summed E-state index contributed by atoms with van der Waals surface area (Å²) in [7, 11) is 1.34. The first-order valence-electron chi connectivity index (χ1n) is 5.26. The van der Waals surface area contributed by atoms with Crippen LogP contribution in [0.15, 0.2) is 18.3 Å². The van der Waals surface area contributed by atoms with Crippen LogP contribution in [0, 0.1) is 0 Å². The number of methoxy groups -OCH3 is 1. The van der Waals surface area contributed by atoms with E-state index in [9.17, 15) is 4.79 Å². The number of carbonyl (C=O) groups excluding carboxylic acids is 1. The Hall–Kier alpha value is -1.62. The monoisotopic (exact) mass is 223 g/mol. The zero-order valence-corrected chi connectivity index (χ0v) is 9.40. The molecule has 0 radical (unpaired) electrons. The number of nitrogens with zero attached hydrogens (tertiary/aromatic N) is 1. The van der Waals surface area contributed by atoms with Crippen LogP contribution in [-0.2, 0) is 4.74 Å². The van der Waals surface area contributed by atoms with E-state index in [1.54, 1.807) is 12.3 Å². The molecule has 0 saturated heterocycles. The van der Waals surface area contributed by atoms with Crippen molar-refractivity contribution in [2.75, 3.05) is 25.5 Å². The number of carbonyl (C=O) groups is 1. The van der Waals surface area contributed by atoms with Gasteiger partial charge >= 0.3 is 5.97 Å². The van der Waals surface area contributed by atoms with Crippen LogP contribution in [0.4, 0.5) is 5.69 Å². The predicted octanol–water partition coefficient (Wildman–Crippen LogP) is 1.02. The highest BCUT2D eigenvalue weighted by molar-refractivity contribution is 5.88. The van der Waals surface area contributed by atoms with Gasteiger partial charge in [-0.3, -0.25) is 0 Å². The number of anilines is 1. The third kappa shape index (κ3) is 3.86. The fourth-order valence-corrected chi connectivity index (χ4v) is 1.26. The molecule has 16 heavy (non-hydrogen) atoms. The molecule has 5 nitrogen and oxygen atoms in total. The summed E-state index contributed by atoms with van der Waals surface area (Å²) in [6, 6.07) is 3.49. The molecule has 1 aromatic heterocycles. The van der Waals surface area contributed by atoms with Crippen LogP contribution in [0.1, 0.15) is 23.3 Å². The summed E-state index contributed by atoms with van der Waals surface area (Å²) in [5.41, 5.74) is 6.57. The van der Waals surface area contributed by atoms with Gasteiger partial charge in [-0.1, -0.05) is 0 Å². The topological polar surface area (TPSA) is 77.2 Å². The molecule has 3 N–H and O–H groups in total. The van der Waals surface area contributed by atoms with E-state index in [0.29, 0.717) is 12.2 Å². The van der Waals surface area contributed by atoms with Crippen LogP contribution in [-0.4, -0.2) is 31.2 Å². The van der Waals surface area contributed by atoms with E-state index in [2.05, 4.69) is 15.0 Å². The maximum Gasteiger partial charge on any atom is 0.356 e. The van der Waals surface area contributed by atoms with Crippen molar-refractivity contribution >= 4 is 11.7 Å². The molecule has 0 amide bonds. The molecule has 5 heteroatoms. The van der Waals surface area contributed by atoms with Gasteiger partial charge in [0.15, 0.2) is 0 Å². The summed E-state index contributed by atoms with van der Waals surface area (Å²) in [6.07, 6.45) is 3.58. The highest BCUT2D eigenvalue weighted by Gasteiger charge is 2.06. The van der Waals surface area contributed by atoms with E-state index in [1.807, 2.05) is 6.07 Å². The summed E-state index contributed by atoms with van der Waals surface area (Å²) in [5, 5.41) is 3.20. The van der Waals surface area contributed by atoms with Gasteiger partial charge in [-0.15, -0.1) is 0 Å². The first-order chi connectivity index (χ1) is 7.77. The zero-order valence-electron chi connectivity index (χ0n) is 9.40. The standard InChI is InChI=1S/C11H17N3O2/c1-16-11(15)10-8-9(4-7-14-10)13-6-3-2-5-12/h4,7-8H,2-3,5-6,12H2,1H3,(H,13,14). The number of nitrogens with one attached hydrogen (secondary N) is 1. The fourth-order valence-electron chi connectivity index (χ4n) is 1.26. The van der Waals surface area contributed by atoms with Crippen LogP contribution in [0.5, 0.6) is 0 Å². The number of ether oxygens (including phenoxy) is 1. The van der Waals surface area contributed by atoms with Gasteiger partial charge in [-0.25, -0.2) is 9.78 Å². The number of aromatic nitrogens is 1. The number of hydrogen-bond donors (Lipinski definition) is 2. The van der Waals surface area contributed by atoms with Gasteiger partial charge in [0.1, 0.15) is 5.69 Å². The van der Waals surface area contributed by atoms with Gasteiger partial charge in [0.25, 0.3) is 0 Å². The van der Waals surface area contributed by atoms with Crippen molar-refractivity contribution in [3.8, 4) is 0 Å². The molecule has 0 atom stereocenters. The first-order valence-corrected chi connectivity index (χ1v) is 5.26. The second-order valence-corrected chi connectivity index (χ2v) is 3.34. The fraction of sp³-hybridized carbons (Fsp3) is 0.455. The third-order valence-corrected chi connectivity index (χ3v) is 2.11. The number of pyridine rings is 1. The van der Waals surface area contributed by atoms with E-state index >= 15 is 0 Å². The number of unbranched alkanes of at least 4 members (excludes halogenated alkanes) is 1. The van der Waals surface area contributed by atoms with Crippen molar-refractivity contribution in [2.24, 2.45) is 5.73 Å². The molecule has 0 fully saturated rings. The summed E-state index contributed by atoms with van der Waals surface area (Å²) < 4.78 is 4.59. The van der Waals surface area contributed by atoms with Crippen LogP contribution in [0.3, 0.4) is 0 Å². The Morgan fingerprint density at radius 1 is 1.56 bits per heavy atom. The summed E-state index contributed by atoms with van der Waals surface area (Å²) in [4.78, 5) is 15.1. The Balaban J connectivity index is 2.50. The van der Waals surface area contributed by atoms with Crippen molar-refractivity contribution in [3.63, 3.8) is 0 Å². The average Bonchev–Trinajstić information content (AvgIpc) is 2.34. The molecule has 1 rings (SSSR count). The smallest absolute Gasteiger partial charge is 0.356 e. The normalized spacial score (nSPS) is 9.88. The maximum absolute atomic E-state index is 11.2. The molecule has 0 aliphatic heterocycles. The number of hydrogen-bond acceptors (Lipinski definition) is 5. The minimum atomic E-state index is -0.425. The molecule has 1 heterocycles. The number of nitrogens with two attached hydrogens (primary N) is 1. The molecule has 0 unspecified atom stereocenters. The third-order valence-electron chi connectivity index (χ3n) is 2.11. The highest BCUT2D eigenvalue weighted by atomic mass is 16.5. The number of esters is 1. The molecule has 0 aromatic carbocycles. The molecule has 0 bridgehead atoms. The van der Waals surface area contributed by atoms with Crippen molar-refractivity contribution < 1.29 is 9.53 Å². The molecule has 0 spiro atoms. The maximum atomic E-state index is 11.2. The minimum Gasteiger partial charge on any atom is -0.464 e. The van der Waals surface area contributed by atoms with Crippen LogP contribution < -0.4 is 11.1 Å². The zero-order chi connectivity index (χ0) is 11.8. The van der Waals surface area contributed by atoms with Gasteiger partial charge < -0.3 is 15.8 Å². The SMILES string of the molecule is COC(=O)c1cc(NCCCCN)ccn1. The highest BCUT2D eigenvalue weighted by Crippen LogP contribution is 2.08. The van der Waals surface area contributed by atoms with E-state index in [-0.39, 0.29) is 0 Å². The predicted molar refractivity (Wildman–Crippen MR) is 62.4 cm³/mol. The van der Waals surface area contributed by atoms with E-state index in [1.165, 1.54) is 7.11 Å². The summed E-state index contributed by atoms with van der Waals surface area (Å²) in [5.74, 6) is -0.425. The van der Waals surface area contributed by atoms with Gasteiger partial charge in [-0.05, 0) is 31.5 Å². The van der Waals surface area contributed by atoms with Crippen molar-refractivity contribution in [1.29, 1.82) is 0 Å². The molecular weight excluding hydrogens is 206 g/mol. The lowest BCUT2D eigenvalue weighted by Crippen LogP contribution is -2.08. The van der Waals surface area contributed by atoms with E-state index in [4.69, 9.17) is 5.73 Å². The quantitative estimate of drug-likeness (QED) is 0.556. The second-order valence-electron chi connectivity index (χ2n) is 3.34. The second kappa shape index (κ2) is 6.79. The lowest BCUT2D eigenvalue weighted by molar-refractivity contribution is 0.0594. The molecule has 0 saturated carbocycles. The summed E-state index contributed by atoms with van der Waals surface area (Å²) in [6.45, 7) is 1.53. The average molecular weight is 223 g/mol. The molecule has 0 aliphatic carbocycles. The first kappa shape index (κ1) is 12.4. The van der Waals surface area contributed by atoms with E-state index < -0.39 is 5.97 Å². The molecular formula is C11H17N3O2. The lowest BCUT2D eigenvalue weighted by Gasteiger charge is -2.06. The van der Waals surface area contributed by atoms with Gasteiger partial charge in [0, 0.05) is 18.4 Å². The lowest BCUT2D eigenvalue weighted by atomic mass is 10.3. The Kier molecular flexibility index (Phi) is 5.28. The Morgan fingerprint density at radius 3 is 3.06 bits per heavy atom.